The Hall–Kier alpha value is -0.300. The minimum Gasteiger partial charge on any atom is -0.346 e. The number of halogens is 1. The summed E-state index contributed by atoms with van der Waals surface area (Å²) in [7, 11) is 0. The van der Waals surface area contributed by atoms with E-state index < -0.39 is 0 Å². The quantitative estimate of drug-likeness (QED) is 0.868. The van der Waals surface area contributed by atoms with Crippen molar-refractivity contribution in [2.24, 2.45) is 0 Å². The first-order valence-electron chi connectivity index (χ1n) is 5.94. The van der Waals surface area contributed by atoms with Crippen molar-refractivity contribution in [3.63, 3.8) is 0 Å². The fourth-order valence-corrected chi connectivity index (χ4v) is 5.67. The minimum absolute atomic E-state index is 0.0499. The average Bonchev–Trinajstić information content (AvgIpc) is 3.01. The molecule has 3 rings (SSSR count). The van der Waals surface area contributed by atoms with E-state index in [1.54, 1.807) is 22.7 Å². The first kappa shape index (κ1) is 13.7. The Morgan fingerprint density at radius 2 is 2.26 bits per heavy atom. The second kappa shape index (κ2) is 5.99. The first-order valence-corrected chi connectivity index (χ1v) is 9.52. The second-order valence-corrected chi connectivity index (χ2v) is 9.04. The Morgan fingerprint density at radius 1 is 1.37 bits per heavy atom. The first-order chi connectivity index (χ1) is 9.22. The summed E-state index contributed by atoms with van der Waals surface area (Å²) >= 11 is 8.68. The highest BCUT2D eigenvalue weighted by molar-refractivity contribution is 9.11. The molecule has 2 aromatic heterocycles. The van der Waals surface area contributed by atoms with Crippen molar-refractivity contribution in [1.82, 2.24) is 5.32 Å². The molecule has 19 heavy (non-hydrogen) atoms. The fourth-order valence-electron chi connectivity index (χ4n) is 1.96. The Labute approximate surface area is 132 Å². The SMILES string of the molecule is O=C(NCc1ccc(Br)s1)c1cc2c(s1)CCSC2. The van der Waals surface area contributed by atoms with Gasteiger partial charge in [0.25, 0.3) is 5.91 Å². The largest absolute Gasteiger partial charge is 0.346 e. The number of thioether (sulfide) groups is 1. The molecule has 1 N–H and O–H groups in total. The van der Waals surface area contributed by atoms with Crippen LogP contribution in [-0.2, 0) is 18.7 Å². The molecular weight excluding hydrogens is 362 g/mol. The molecule has 0 unspecified atom stereocenters. The van der Waals surface area contributed by atoms with E-state index in [0.29, 0.717) is 6.54 Å². The molecule has 0 fully saturated rings. The molecule has 3 heterocycles. The van der Waals surface area contributed by atoms with Crippen LogP contribution in [0.3, 0.4) is 0 Å². The third-order valence-electron chi connectivity index (χ3n) is 2.90. The molecule has 0 radical (unpaired) electrons. The zero-order valence-corrected chi connectivity index (χ0v) is 14.1. The molecule has 0 aromatic carbocycles. The van der Waals surface area contributed by atoms with E-state index in [4.69, 9.17) is 0 Å². The Morgan fingerprint density at radius 3 is 3.00 bits per heavy atom. The average molecular weight is 374 g/mol. The van der Waals surface area contributed by atoms with E-state index in [2.05, 4.69) is 27.3 Å². The van der Waals surface area contributed by atoms with Crippen molar-refractivity contribution in [3.05, 3.63) is 42.2 Å². The zero-order valence-electron chi connectivity index (χ0n) is 10.1. The summed E-state index contributed by atoms with van der Waals surface area (Å²) in [6, 6.07) is 6.10. The van der Waals surface area contributed by atoms with Gasteiger partial charge in [-0.3, -0.25) is 4.79 Å². The van der Waals surface area contributed by atoms with E-state index in [0.717, 1.165) is 25.7 Å². The summed E-state index contributed by atoms with van der Waals surface area (Å²) in [5.41, 5.74) is 1.35. The van der Waals surface area contributed by atoms with Crippen LogP contribution in [0.15, 0.2) is 22.0 Å². The number of amides is 1. The number of hydrogen-bond donors (Lipinski definition) is 1. The highest BCUT2D eigenvalue weighted by Crippen LogP contribution is 2.31. The summed E-state index contributed by atoms with van der Waals surface area (Å²) in [4.78, 5) is 15.5. The minimum atomic E-state index is 0.0499. The molecule has 2 aromatic rings. The fraction of sp³-hybridized carbons (Fsp3) is 0.308. The molecule has 1 amide bonds. The van der Waals surface area contributed by atoms with Gasteiger partial charge in [-0.25, -0.2) is 0 Å². The lowest BCUT2D eigenvalue weighted by Gasteiger charge is -2.08. The molecule has 0 spiro atoms. The molecule has 0 atom stereocenters. The van der Waals surface area contributed by atoms with Gasteiger partial charge in [0.1, 0.15) is 0 Å². The van der Waals surface area contributed by atoms with Crippen molar-refractivity contribution in [2.75, 3.05) is 5.75 Å². The van der Waals surface area contributed by atoms with Crippen LogP contribution in [0.5, 0.6) is 0 Å². The Bertz CT molecular complexity index is 581. The van der Waals surface area contributed by atoms with Crippen LogP contribution in [0.1, 0.15) is 25.0 Å². The van der Waals surface area contributed by atoms with Crippen molar-refractivity contribution in [3.8, 4) is 0 Å². The maximum Gasteiger partial charge on any atom is 0.261 e. The number of rotatable bonds is 3. The third kappa shape index (κ3) is 3.24. The predicted octanol–water partition coefficient (Wildman–Crippen LogP) is 4.29. The van der Waals surface area contributed by atoms with E-state index in [9.17, 15) is 4.79 Å². The monoisotopic (exact) mass is 373 g/mol. The van der Waals surface area contributed by atoms with Gasteiger partial charge in [0, 0.05) is 15.5 Å². The lowest BCUT2D eigenvalue weighted by molar-refractivity contribution is 0.0955. The van der Waals surface area contributed by atoms with Crippen LogP contribution in [0.2, 0.25) is 0 Å². The number of thiophene rings is 2. The third-order valence-corrected chi connectivity index (χ3v) is 6.77. The summed E-state index contributed by atoms with van der Waals surface area (Å²) in [6.07, 6.45) is 1.11. The Balaban J connectivity index is 1.65. The van der Waals surface area contributed by atoms with Gasteiger partial charge >= 0.3 is 0 Å². The molecule has 6 heteroatoms. The maximum atomic E-state index is 12.1. The molecule has 2 nitrogen and oxygen atoms in total. The van der Waals surface area contributed by atoms with Gasteiger partial charge < -0.3 is 5.32 Å². The van der Waals surface area contributed by atoms with Crippen molar-refractivity contribution in [1.29, 1.82) is 0 Å². The van der Waals surface area contributed by atoms with Crippen LogP contribution in [0, 0.1) is 0 Å². The normalized spacial score (nSPS) is 14.2. The van der Waals surface area contributed by atoms with Crippen LogP contribution in [-0.4, -0.2) is 11.7 Å². The number of carbonyl (C=O) groups excluding carboxylic acids is 1. The molecule has 1 aliphatic heterocycles. The van der Waals surface area contributed by atoms with Crippen molar-refractivity contribution >= 4 is 56.3 Å². The standard InChI is InChI=1S/C13H12BrNOS3/c14-12-2-1-9(18-12)6-15-13(16)11-5-8-7-17-4-3-10(8)19-11/h1-2,5H,3-4,6-7H2,(H,15,16). The van der Waals surface area contributed by atoms with Gasteiger partial charge in [0.15, 0.2) is 0 Å². The lowest BCUT2D eigenvalue weighted by Crippen LogP contribution is -2.21. The molecule has 0 saturated carbocycles. The number of hydrogen-bond acceptors (Lipinski definition) is 4. The highest BCUT2D eigenvalue weighted by atomic mass is 79.9. The smallest absolute Gasteiger partial charge is 0.261 e. The maximum absolute atomic E-state index is 12.1. The van der Waals surface area contributed by atoms with Gasteiger partial charge in [-0.2, -0.15) is 11.8 Å². The second-order valence-electron chi connectivity index (χ2n) is 4.25. The van der Waals surface area contributed by atoms with Gasteiger partial charge in [-0.15, -0.1) is 22.7 Å². The predicted molar refractivity (Wildman–Crippen MR) is 87.4 cm³/mol. The molecule has 0 bridgehead atoms. The van der Waals surface area contributed by atoms with E-state index >= 15 is 0 Å². The van der Waals surface area contributed by atoms with Crippen molar-refractivity contribution in [2.45, 2.75) is 18.7 Å². The van der Waals surface area contributed by atoms with E-state index in [1.165, 1.54) is 16.2 Å². The summed E-state index contributed by atoms with van der Waals surface area (Å²) in [6.45, 7) is 0.604. The van der Waals surface area contributed by atoms with Gasteiger partial charge in [-0.1, -0.05) is 0 Å². The molecule has 0 aliphatic carbocycles. The summed E-state index contributed by atoms with van der Waals surface area (Å²) < 4.78 is 1.10. The molecule has 0 saturated heterocycles. The van der Waals surface area contributed by atoms with E-state index in [1.807, 2.05) is 23.9 Å². The van der Waals surface area contributed by atoms with Crippen LogP contribution in [0.25, 0.3) is 0 Å². The summed E-state index contributed by atoms with van der Waals surface area (Å²) in [5.74, 6) is 2.28. The molecule has 100 valence electrons. The number of carbonyl (C=O) groups is 1. The van der Waals surface area contributed by atoms with Crippen LogP contribution >= 0.6 is 50.4 Å². The van der Waals surface area contributed by atoms with E-state index in [-0.39, 0.29) is 5.91 Å². The zero-order chi connectivity index (χ0) is 13.2. The number of aryl methyl sites for hydroxylation is 1. The van der Waals surface area contributed by atoms with Crippen LogP contribution < -0.4 is 5.32 Å². The van der Waals surface area contributed by atoms with Crippen molar-refractivity contribution < 1.29 is 4.79 Å². The number of nitrogens with one attached hydrogen (secondary N) is 1. The molecular formula is C13H12BrNOS3. The highest BCUT2D eigenvalue weighted by Gasteiger charge is 2.17. The van der Waals surface area contributed by atoms with Crippen LogP contribution in [0.4, 0.5) is 0 Å². The Kier molecular flexibility index (Phi) is 4.31. The summed E-state index contributed by atoms with van der Waals surface area (Å²) in [5, 5.41) is 2.99. The topological polar surface area (TPSA) is 29.1 Å². The molecule has 1 aliphatic rings. The lowest BCUT2D eigenvalue weighted by atomic mass is 10.2. The van der Waals surface area contributed by atoms with Gasteiger partial charge in [0.05, 0.1) is 15.2 Å². The van der Waals surface area contributed by atoms with Gasteiger partial charge in [0.2, 0.25) is 0 Å². The number of fused-ring (bicyclic) bond motifs is 1. The van der Waals surface area contributed by atoms with Gasteiger partial charge in [-0.05, 0) is 51.9 Å².